The number of nitrogens with zero attached hydrogens (tertiary/aromatic N) is 6. The lowest BCUT2D eigenvalue weighted by molar-refractivity contribution is 0.348. The molecule has 0 unspecified atom stereocenters. The number of hydrogen-bond donors (Lipinski definition) is 0. The number of hydrogen-bond acceptors (Lipinski definition) is 5. The van der Waals surface area contributed by atoms with E-state index in [0.717, 1.165) is 55.3 Å². The predicted octanol–water partition coefficient (Wildman–Crippen LogP) is 1.82. The van der Waals surface area contributed by atoms with Gasteiger partial charge >= 0.3 is 0 Å². The molecule has 0 aliphatic carbocycles. The maximum absolute atomic E-state index is 12.4. The van der Waals surface area contributed by atoms with Crippen LogP contribution in [-0.4, -0.2) is 37.2 Å². The zero-order valence-electron chi connectivity index (χ0n) is 14.6. The third kappa shape index (κ3) is 2.90. The number of aryl methyl sites for hydroxylation is 1. The highest BCUT2D eigenvalue weighted by molar-refractivity contribution is 5.46. The van der Waals surface area contributed by atoms with E-state index in [0.29, 0.717) is 5.92 Å². The quantitative estimate of drug-likeness (QED) is 0.729. The Morgan fingerprint density at radius 2 is 1.96 bits per heavy atom. The van der Waals surface area contributed by atoms with Gasteiger partial charge in [-0.3, -0.25) is 13.8 Å². The number of anilines is 1. The molecule has 1 fully saturated rings. The second kappa shape index (κ2) is 6.31. The van der Waals surface area contributed by atoms with Gasteiger partial charge in [0.1, 0.15) is 0 Å². The molecule has 0 N–H and O–H groups in total. The molecular formula is C18H22N6O. The van der Waals surface area contributed by atoms with E-state index >= 15 is 0 Å². The largest absolute Gasteiger partial charge is 0.341 e. The second-order valence-electron chi connectivity index (χ2n) is 6.77. The summed E-state index contributed by atoms with van der Waals surface area (Å²) in [6.07, 6.45) is 5.74. The van der Waals surface area contributed by atoms with Crippen molar-refractivity contribution in [3.63, 3.8) is 0 Å². The second-order valence-corrected chi connectivity index (χ2v) is 6.77. The van der Waals surface area contributed by atoms with Crippen molar-refractivity contribution in [2.75, 3.05) is 18.0 Å². The van der Waals surface area contributed by atoms with E-state index in [1.54, 1.807) is 10.9 Å². The van der Waals surface area contributed by atoms with Gasteiger partial charge in [-0.1, -0.05) is 6.07 Å². The molecule has 4 rings (SSSR count). The molecule has 3 aromatic heterocycles. The van der Waals surface area contributed by atoms with Crippen molar-refractivity contribution in [3.8, 4) is 0 Å². The van der Waals surface area contributed by atoms with Crippen molar-refractivity contribution in [1.82, 2.24) is 24.1 Å². The van der Waals surface area contributed by atoms with E-state index in [4.69, 9.17) is 0 Å². The van der Waals surface area contributed by atoms with Crippen LogP contribution < -0.4 is 10.5 Å². The maximum atomic E-state index is 12.4. The Morgan fingerprint density at radius 1 is 1.16 bits per heavy atom. The molecule has 0 atom stereocenters. The van der Waals surface area contributed by atoms with Crippen LogP contribution in [0.4, 0.5) is 5.95 Å². The summed E-state index contributed by atoms with van der Waals surface area (Å²) in [6, 6.07) is 5.92. The van der Waals surface area contributed by atoms with Gasteiger partial charge in [-0.2, -0.15) is 0 Å². The first-order chi connectivity index (χ1) is 12.1. The lowest BCUT2D eigenvalue weighted by Crippen LogP contribution is -2.37. The third-order valence-electron chi connectivity index (χ3n) is 5.16. The molecule has 3 aromatic rings. The summed E-state index contributed by atoms with van der Waals surface area (Å²) in [7, 11) is 0. The van der Waals surface area contributed by atoms with Crippen LogP contribution in [0.3, 0.4) is 0 Å². The van der Waals surface area contributed by atoms with Crippen LogP contribution in [-0.2, 0) is 6.54 Å². The zero-order chi connectivity index (χ0) is 17.4. The van der Waals surface area contributed by atoms with Gasteiger partial charge in [0, 0.05) is 37.1 Å². The molecule has 0 spiro atoms. The fraction of sp³-hybridized carbons (Fsp3) is 0.444. The van der Waals surface area contributed by atoms with E-state index < -0.39 is 0 Å². The summed E-state index contributed by atoms with van der Waals surface area (Å²) in [5.41, 5.74) is 2.51. The summed E-state index contributed by atoms with van der Waals surface area (Å²) in [5, 5.41) is 8.56. The molecule has 1 aliphatic rings. The molecule has 0 aromatic carbocycles. The lowest BCUT2D eigenvalue weighted by atomic mass is 9.97. The van der Waals surface area contributed by atoms with Crippen LogP contribution in [0.2, 0.25) is 0 Å². The molecule has 4 heterocycles. The highest BCUT2D eigenvalue weighted by Crippen LogP contribution is 2.23. The minimum Gasteiger partial charge on any atom is -0.341 e. The molecule has 130 valence electrons. The van der Waals surface area contributed by atoms with Gasteiger partial charge in [0.2, 0.25) is 5.95 Å². The highest BCUT2D eigenvalue weighted by atomic mass is 16.1. The van der Waals surface area contributed by atoms with Crippen molar-refractivity contribution in [2.24, 2.45) is 5.92 Å². The average Bonchev–Trinajstić information content (AvgIpc) is 3.07. The van der Waals surface area contributed by atoms with Gasteiger partial charge in [0.25, 0.3) is 5.56 Å². The number of rotatable bonds is 3. The normalized spacial score (nSPS) is 15.8. The standard InChI is InChI=1S/C18H22N6O/c1-13-14(2)19-12-23(17(13)25)11-15-6-9-22(10-7-15)18-21-20-16-5-3-4-8-24(16)18/h3-5,8,12,15H,6-7,9-11H2,1-2H3. The smallest absolute Gasteiger partial charge is 0.256 e. The highest BCUT2D eigenvalue weighted by Gasteiger charge is 2.23. The molecule has 7 heteroatoms. The first-order valence-electron chi connectivity index (χ1n) is 8.71. The van der Waals surface area contributed by atoms with Crippen molar-refractivity contribution < 1.29 is 0 Å². The van der Waals surface area contributed by atoms with Crippen molar-refractivity contribution in [3.05, 3.63) is 52.3 Å². The number of pyridine rings is 1. The van der Waals surface area contributed by atoms with E-state index in [-0.39, 0.29) is 5.56 Å². The minimum atomic E-state index is 0.0818. The Hall–Kier alpha value is -2.70. The summed E-state index contributed by atoms with van der Waals surface area (Å²) in [5.74, 6) is 1.39. The molecule has 0 bridgehead atoms. The fourth-order valence-electron chi connectivity index (χ4n) is 3.44. The molecule has 1 saturated heterocycles. The first kappa shape index (κ1) is 15.8. The van der Waals surface area contributed by atoms with E-state index in [9.17, 15) is 4.79 Å². The Balaban J connectivity index is 1.45. The lowest BCUT2D eigenvalue weighted by Gasteiger charge is -2.32. The Bertz CT molecular complexity index is 952. The van der Waals surface area contributed by atoms with Crippen LogP contribution >= 0.6 is 0 Å². The molecule has 0 amide bonds. The van der Waals surface area contributed by atoms with Gasteiger partial charge in [-0.15, -0.1) is 10.2 Å². The third-order valence-corrected chi connectivity index (χ3v) is 5.16. The van der Waals surface area contributed by atoms with Crippen LogP contribution in [0.1, 0.15) is 24.1 Å². The molecule has 0 saturated carbocycles. The summed E-state index contributed by atoms with van der Waals surface area (Å²) in [4.78, 5) is 19.0. The monoisotopic (exact) mass is 338 g/mol. The topological polar surface area (TPSA) is 68.3 Å². The minimum absolute atomic E-state index is 0.0818. The summed E-state index contributed by atoms with van der Waals surface area (Å²) in [6.45, 7) is 6.31. The predicted molar refractivity (Wildman–Crippen MR) is 95.9 cm³/mol. The SMILES string of the molecule is Cc1ncn(CC2CCN(c3nnc4ccccn34)CC2)c(=O)c1C. The Labute approximate surface area is 145 Å². The van der Waals surface area contributed by atoms with Crippen molar-refractivity contribution >= 4 is 11.6 Å². The van der Waals surface area contributed by atoms with E-state index in [1.165, 1.54) is 0 Å². The number of fused-ring (bicyclic) bond motifs is 1. The first-order valence-corrected chi connectivity index (χ1v) is 8.71. The average molecular weight is 338 g/mol. The maximum Gasteiger partial charge on any atom is 0.256 e. The van der Waals surface area contributed by atoms with Gasteiger partial charge in [0.05, 0.1) is 6.33 Å². The van der Waals surface area contributed by atoms with Crippen molar-refractivity contribution in [1.29, 1.82) is 0 Å². The molecule has 1 aliphatic heterocycles. The van der Waals surface area contributed by atoms with Crippen LogP contribution in [0.5, 0.6) is 0 Å². The van der Waals surface area contributed by atoms with Crippen LogP contribution in [0, 0.1) is 19.8 Å². The van der Waals surface area contributed by atoms with Gasteiger partial charge in [-0.05, 0) is 44.7 Å². The van der Waals surface area contributed by atoms with E-state index in [1.807, 2.05) is 42.6 Å². The van der Waals surface area contributed by atoms with Gasteiger partial charge in [-0.25, -0.2) is 4.98 Å². The zero-order valence-corrected chi connectivity index (χ0v) is 14.6. The molecule has 0 radical (unpaired) electrons. The van der Waals surface area contributed by atoms with Crippen LogP contribution in [0.25, 0.3) is 5.65 Å². The van der Waals surface area contributed by atoms with Crippen molar-refractivity contribution in [2.45, 2.75) is 33.2 Å². The Morgan fingerprint density at radius 3 is 2.76 bits per heavy atom. The van der Waals surface area contributed by atoms with Gasteiger partial charge in [0.15, 0.2) is 5.65 Å². The fourth-order valence-corrected chi connectivity index (χ4v) is 3.44. The van der Waals surface area contributed by atoms with Gasteiger partial charge < -0.3 is 4.90 Å². The summed E-state index contributed by atoms with van der Waals surface area (Å²) >= 11 is 0. The Kier molecular flexibility index (Phi) is 3.99. The summed E-state index contributed by atoms with van der Waals surface area (Å²) < 4.78 is 3.78. The van der Waals surface area contributed by atoms with E-state index in [2.05, 4.69) is 20.1 Å². The number of piperidine rings is 1. The number of aromatic nitrogens is 5. The molecule has 25 heavy (non-hydrogen) atoms. The molecular weight excluding hydrogens is 316 g/mol. The molecule has 7 nitrogen and oxygen atoms in total. The van der Waals surface area contributed by atoms with Crippen LogP contribution in [0.15, 0.2) is 35.5 Å².